The zero-order valence-corrected chi connectivity index (χ0v) is 15.2. The van der Waals surface area contributed by atoms with E-state index in [4.69, 9.17) is 0 Å². The maximum atomic E-state index is 13.1. The van der Waals surface area contributed by atoms with Gasteiger partial charge in [0.05, 0.1) is 15.8 Å². The van der Waals surface area contributed by atoms with Crippen molar-refractivity contribution in [3.05, 3.63) is 59.9 Å². The summed E-state index contributed by atoms with van der Waals surface area (Å²) >= 11 is 0. The van der Waals surface area contributed by atoms with E-state index in [2.05, 4.69) is 0 Å². The SMILES string of the molecule is CS(=O)(=O)c1ccc(S(=O)(=O)N2CCCC2c2ccc(F)cc2)cc1. The summed E-state index contributed by atoms with van der Waals surface area (Å²) in [4.78, 5) is 0.122. The van der Waals surface area contributed by atoms with Gasteiger partial charge >= 0.3 is 0 Å². The number of hydrogen-bond donors (Lipinski definition) is 0. The first-order valence-corrected chi connectivity index (χ1v) is 11.1. The number of halogens is 1. The van der Waals surface area contributed by atoms with Gasteiger partial charge in [-0.05, 0) is 54.8 Å². The first-order valence-electron chi connectivity index (χ1n) is 7.77. The van der Waals surface area contributed by atoms with Crippen molar-refractivity contribution in [2.75, 3.05) is 12.8 Å². The van der Waals surface area contributed by atoms with Gasteiger partial charge in [0.25, 0.3) is 0 Å². The second-order valence-electron chi connectivity index (χ2n) is 6.07. The molecule has 0 spiro atoms. The molecule has 1 aliphatic rings. The van der Waals surface area contributed by atoms with Crippen LogP contribution in [0.15, 0.2) is 58.3 Å². The van der Waals surface area contributed by atoms with E-state index in [0.717, 1.165) is 11.8 Å². The zero-order chi connectivity index (χ0) is 18.2. The highest BCUT2D eigenvalue weighted by Gasteiger charge is 2.36. The Kier molecular flexibility index (Phi) is 4.70. The minimum absolute atomic E-state index is 0.0499. The summed E-state index contributed by atoms with van der Waals surface area (Å²) < 4.78 is 63.5. The molecule has 1 aliphatic heterocycles. The van der Waals surface area contributed by atoms with E-state index >= 15 is 0 Å². The minimum atomic E-state index is -3.76. The van der Waals surface area contributed by atoms with Crippen LogP contribution in [0.1, 0.15) is 24.4 Å². The molecule has 8 heteroatoms. The first-order chi connectivity index (χ1) is 11.7. The standard InChI is InChI=1S/C17H18FNO4S2/c1-24(20,21)15-8-10-16(11-9-15)25(22,23)19-12-2-3-17(19)13-4-6-14(18)7-5-13/h4-11,17H,2-3,12H2,1H3. The van der Waals surface area contributed by atoms with Gasteiger partial charge in [-0.3, -0.25) is 0 Å². The largest absolute Gasteiger partial charge is 0.243 e. The molecule has 2 aromatic carbocycles. The lowest BCUT2D eigenvalue weighted by molar-refractivity contribution is 0.396. The van der Waals surface area contributed by atoms with Crippen molar-refractivity contribution >= 4 is 19.9 Å². The Morgan fingerprint density at radius 2 is 1.48 bits per heavy atom. The maximum Gasteiger partial charge on any atom is 0.243 e. The molecule has 0 radical (unpaired) electrons. The predicted molar refractivity (Wildman–Crippen MR) is 91.8 cm³/mol. The van der Waals surface area contributed by atoms with Gasteiger partial charge in [0.1, 0.15) is 5.82 Å². The second-order valence-corrected chi connectivity index (χ2v) is 9.98. The average Bonchev–Trinajstić information content (AvgIpc) is 3.05. The molecule has 1 heterocycles. The molecule has 1 fully saturated rings. The van der Waals surface area contributed by atoms with Crippen LogP contribution < -0.4 is 0 Å². The van der Waals surface area contributed by atoms with Gasteiger partial charge in [-0.25, -0.2) is 21.2 Å². The topological polar surface area (TPSA) is 71.5 Å². The van der Waals surface area contributed by atoms with Gasteiger partial charge in [-0.1, -0.05) is 12.1 Å². The molecule has 3 rings (SSSR count). The lowest BCUT2D eigenvalue weighted by Gasteiger charge is -2.24. The van der Waals surface area contributed by atoms with Crippen LogP contribution in [-0.2, 0) is 19.9 Å². The van der Waals surface area contributed by atoms with Gasteiger partial charge < -0.3 is 0 Å². The van der Waals surface area contributed by atoms with E-state index in [1.165, 1.54) is 40.7 Å². The van der Waals surface area contributed by atoms with Crippen molar-refractivity contribution < 1.29 is 21.2 Å². The molecule has 0 amide bonds. The number of hydrogen-bond acceptors (Lipinski definition) is 4. The summed E-state index contributed by atoms with van der Waals surface area (Å²) in [5.41, 5.74) is 0.746. The Hall–Kier alpha value is -1.77. The zero-order valence-electron chi connectivity index (χ0n) is 13.6. The van der Waals surface area contributed by atoms with Crippen LogP contribution in [0, 0.1) is 5.82 Å². The van der Waals surface area contributed by atoms with Gasteiger partial charge in [0, 0.05) is 12.8 Å². The number of sulfonamides is 1. The molecule has 1 unspecified atom stereocenters. The lowest BCUT2D eigenvalue weighted by atomic mass is 10.1. The highest BCUT2D eigenvalue weighted by Crippen LogP contribution is 2.36. The fourth-order valence-electron chi connectivity index (χ4n) is 3.04. The van der Waals surface area contributed by atoms with Crippen LogP contribution in [0.4, 0.5) is 4.39 Å². The third-order valence-electron chi connectivity index (χ3n) is 4.32. The highest BCUT2D eigenvalue weighted by atomic mass is 32.2. The van der Waals surface area contributed by atoms with Crippen LogP contribution in [0.3, 0.4) is 0 Å². The summed E-state index contributed by atoms with van der Waals surface area (Å²) in [6.45, 7) is 0.373. The van der Waals surface area contributed by atoms with E-state index in [0.29, 0.717) is 19.4 Å². The van der Waals surface area contributed by atoms with Crippen LogP contribution in [0.25, 0.3) is 0 Å². The Labute approximate surface area is 147 Å². The molecule has 0 aromatic heterocycles. The number of sulfone groups is 1. The summed E-state index contributed by atoms with van der Waals surface area (Å²) in [5, 5.41) is 0. The van der Waals surface area contributed by atoms with Crippen molar-refractivity contribution in [3.8, 4) is 0 Å². The molecule has 0 aliphatic carbocycles. The molecule has 5 nitrogen and oxygen atoms in total. The van der Waals surface area contributed by atoms with Gasteiger partial charge in [-0.15, -0.1) is 0 Å². The van der Waals surface area contributed by atoms with Gasteiger partial charge in [-0.2, -0.15) is 4.31 Å². The van der Waals surface area contributed by atoms with Crippen LogP contribution >= 0.6 is 0 Å². The molecule has 1 atom stereocenters. The van der Waals surface area contributed by atoms with Crippen molar-refractivity contribution in [1.29, 1.82) is 0 Å². The number of nitrogens with zero attached hydrogens (tertiary/aromatic N) is 1. The minimum Gasteiger partial charge on any atom is -0.224 e. The lowest BCUT2D eigenvalue weighted by Crippen LogP contribution is -2.30. The van der Waals surface area contributed by atoms with Crippen LogP contribution in [0.5, 0.6) is 0 Å². The molecule has 134 valence electrons. The Bertz CT molecular complexity index is 968. The smallest absolute Gasteiger partial charge is 0.224 e. The van der Waals surface area contributed by atoms with Crippen LogP contribution in [-0.4, -0.2) is 33.9 Å². The van der Waals surface area contributed by atoms with E-state index < -0.39 is 19.9 Å². The highest BCUT2D eigenvalue weighted by molar-refractivity contribution is 7.90. The average molecular weight is 383 g/mol. The molecule has 0 N–H and O–H groups in total. The molecule has 25 heavy (non-hydrogen) atoms. The van der Waals surface area contributed by atoms with E-state index in [-0.39, 0.29) is 21.7 Å². The fourth-order valence-corrected chi connectivity index (χ4v) is 5.35. The van der Waals surface area contributed by atoms with Crippen molar-refractivity contribution in [2.24, 2.45) is 0 Å². The summed E-state index contributed by atoms with van der Waals surface area (Å²) in [6, 6.07) is 10.7. The first kappa shape index (κ1) is 18.0. The fraction of sp³-hybridized carbons (Fsp3) is 0.294. The third kappa shape index (κ3) is 3.61. The van der Waals surface area contributed by atoms with Gasteiger partial charge in [0.2, 0.25) is 10.0 Å². The summed E-state index contributed by atoms with van der Waals surface area (Å²) in [5.74, 6) is -0.368. The van der Waals surface area contributed by atoms with Crippen molar-refractivity contribution in [3.63, 3.8) is 0 Å². The van der Waals surface area contributed by atoms with Gasteiger partial charge in [0.15, 0.2) is 9.84 Å². The summed E-state index contributed by atoms with van der Waals surface area (Å²) in [7, 11) is -7.15. The Balaban J connectivity index is 1.94. The molecule has 0 bridgehead atoms. The second kappa shape index (κ2) is 6.51. The summed E-state index contributed by atoms with van der Waals surface area (Å²) in [6.07, 6.45) is 2.44. The maximum absolute atomic E-state index is 13.1. The number of benzene rings is 2. The van der Waals surface area contributed by atoms with Crippen molar-refractivity contribution in [1.82, 2.24) is 4.31 Å². The van der Waals surface area contributed by atoms with Crippen molar-refractivity contribution in [2.45, 2.75) is 28.7 Å². The molecular formula is C17H18FNO4S2. The molecule has 1 saturated heterocycles. The molecular weight excluding hydrogens is 365 g/mol. The molecule has 2 aromatic rings. The van der Waals surface area contributed by atoms with E-state index in [9.17, 15) is 21.2 Å². The van der Waals surface area contributed by atoms with E-state index in [1.54, 1.807) is 12.1 Å². The normalized spacial score (nSPS) is 19.2. The Morgan fingerprint density at radius 3 is 2.04 bits per heavy atom. The molecule has 0 saturated carbocycles. The monoisotopic (exact) mass is 383 g/mol. The van der Waals surface area contributed by atoms with E-state index in [1.807, 2.05) is 0 Å². The number of rotatable bonds is 4. The predicted octanol–water partition coefficient (Wildman–Crippen LogP) is 2.76. The Morgan fingerprint density at radius 1 is 0.920 bits per heavy atom. The van der Waals surface area contributed by atoms with Crippen LogP contribution in [0.2, 0.25) is 0 Å². The third-order valence-corrected chi connectivity index (χ3v) is 7.37. The quantitative estimate of drug-likeness (QED) is 0.814.